The first-order valence-corrected chi connectivity index (χ1v) is 15.4. The lowest BCUT2D eigenvalue weighted by molar-refractivity contribution is 0.300. The van der Waals surface area contributed by atoms with E-state index >= 15 is 8.78 Å². The summed E-state index contributed by atoms with van der Waals surface area (Å²) >= 11 is 0. The molecule has 2 aliphatic rings. The summed E-state index contributed by atoms with van der Waals surface area (Å²) in [6.45, 7) is 4.31. The fraction of sp³-hybridized carbons (Fsp3) is 0.647. The molecule has 0 saturated heterocycles. The van der Waals surface area contributed by atoms with Gasteiger partial charge in [0.25, 0.3) is 0 Å². The minimum atomic E-state index is -0.671. The molecular formula is C34H46F4. The van der Waals surface area contributed by atoms with Gasteiger partial charge in [0.2, 0.25) is 0 Å². The Balaban J connectivity index is 1.28. The second-order valence-corrected chi connectivity index (χ2v) is 12.1. The maximum atomic E-state index is 15.0. The van der Waals surface area contributed by atoms with Crippen LogP contribution in [0.3, 0.4) is 0 Å². The van der Waals surface area contributed by atoms with Crippen molar-refractivity contribution in [3.63, 3.8) is 0 Å². The van der Waals surface area contributed by atoms with Crippen LogP contribution in [0, 0.1) is 35.1 Å². The number of hydrogen-bond donors (Lipinski definition) is 0. The number of unbranched alkanes of at least 4 members (excludes halogenated alkanes) is 2. The number of rotatable bonds is 11. The molecule has 0 nitrogen and oxygen atoms in total. The molecule has 0 aromatic heterocycles. The van der Waals surface area contributed by atoms with Crippen molar-refractivity contribution in [2.45, 2.75) is 128 Å². The van der Waals surface area contributed by atoms with Crippen LogP contribution in [-0.2, 0) is 12.8 Å². The van der Waals surface area contributed by atoms with E-state index in [4.69, 9.17) is 0 Å². The first-order chi connectivity index (χ1) is 18.4. The molecule has 0 N–H and O–H groups in total. The Kier molecular flexibility index (Phi) is 10.7. The molecule has 0 unspecified atom stereocenters. The molecular weight excluding hydrogens is 484 g/mol. The second kappa shape index (κ2) is 14.0. The lowest BCUT2D eigenvalue weighted by Crippen LogP contribution is -2.17. The Morgan fingerprint density at radius 1 is 0.526 bits per heavy atom. The van der Waals surface area contributed by atoms with E-state index in [1.165, 1.54) is 12.8 Å². The van der Waals surface area contributed by atoms with Gasteiger partial charge >= 0.3 is 0 Å². The molecule has 0 aliphatic heterocycles. The normalized spacial score (nSPS) is 24.1. The topological polar surface area (TPSA) is 0 Å². The fourth-order valence-electron chi connectivity index (χ4n) is 7.08. The van der Waals surface area contributed by atoms with Crippen LogP contribution >= 0.6 is 0 Å². The van der Waals surface area contributed by atoms with Crippen LogP contribution in [0.25, 0.3) is 0 Å². The Hall–Kier alpha value is -1.84. The first kappa shape index (κ1) is 29.2. The molecule has 4 rings (SSSR count). The Bertz CT molecular complexity index is 1030. The largest absolute Gasteiger partial charge is 0.203 e. The van der Waals surface area contributed by atoms with Crippen molar-refractivity contribution in [1.82, 2.24) is 0 Å². The molecule has 0 amide bonds. The van der Waals surface area contributed by atoms with E-state index in [0.29, 0.717) is 41.0 Å². The van der Waals surface area contributed by atoms with Gasteiger partial charge in [0.15, 0.2) is 23.3 Å². The molecule has 0 spiro atoms. The molecule has 4 heteroatoms. The van der Waals surface area contributed by atoms with E-state index in [-0.39, 0.29) is 11.8 Å². The molecule has 0 heterocycles. The van der Waals surface area contributed by atoms with Crippen molar-refractivity contribution >= 4 is 0 Å². The summed E-state index contributed by atoms with van der Waals surface area (Å²) < 4.78 is 59.6. The van der Waals surface area contributed by atoms with Crippen LogP contribution in [0.2, 0.25) is 0 Å². The van der Waals surface area contributed by atoms with Crippen LogP contribution in [0.1, 0.15) is 138 Å². The summed E-state index contributed by atoms with van der Waals surface area (Å²) in [7, 11) is 0. The van der Waals surface area contributed by atoms with Gasteiger partial charge in [0.05, 0.1) is 0 Å². The van der Waals surface area contributed by atoms with Crippen LogP contribution in [0.5, 0.6) is 0 Å². The van der Waals surface area contributed by atoms with Gasteiger partial charge in [0, 0.05) is 0 Å². The monoisotopic (exact) mass is 530 g/mol. The number of hydrogen-bond acceptors (Lipinski definition) is 0. The molecule has 2 fully saturated rings. The van der Waals surface area contributed by atoms with E-state index in [1.54, 1.807) is 18.2 Å². The zero-order chi connectivity index (χ0) is 27.1. The highest BCUT2D eigenvalue weighted by atomic mass is 19.2. The highest BCUT2D eigenvalue weighted by molar-refractivity contribution is 5.31. The van der Waals surface area contributed by atoms with E-state index in [9.17, 15) is 8.78 Å². The fourth-order valence-corrected chi connectivity index (χ4v) is 7.08. The van der Waals surface area contributed by atoms with Crippen LogP contribution in [0.15, 0.2) is 24.3 Å². The Morgan fingerprint density at radius 2 is 1.00 bits per heavy atom. The van der Waals surface area contributed by atoms with Gasteiger partial charge in [-0.1, -0.05) is 63.8 Å². The standard InChI is InChI=1S/C34H46F4/c1-3-5-6-8-27-19-21-29(33(37)31(27)35)26-16-11-24(12-17-26)13-18-28-20-22-30(34(38)32(28)36)25-14-9-23(7-4-2)10-15-25/h19-26H,3-18H2,1-2H3. The van der Waals surface area contributed by atoms with Crippen LogP contribution < -0.4 is 0 Å². The maximum absolute atomic E-state index is 15.0. The summed E-state index contributed by atoms with van der Waals surface area (Å²) in [6.07, 6.45) is 14.9. The van der Waals surface area contributed by atoms with E-state index in [1.807, 2.05) is 6.07 Å². The first-order valence-electron chi connectivity index (χ1n) is 15.4. The molecule has 0 bridgehead atoms. The molecule has 38 heavy (non-hydrogen) atoms. The summed E-state index contributed by atoms with van der Waals surface area (Å²) in [4.78, 5) is 0. The molecule has 0 atom stereocenters. The van der Waals surface area contributed by atoms with Crippen LogP contribution in [-0.4, -0.2) is 0 Å². The van der Waals surface area contributed by atoms with Crippen LogP contribution in [0.4, 0.5) is 17.6 Å². The van der Waals surface area contributed by atoms with E-state index in [2.05, 4.69) is 13.8 Å². The van der Waals surface area contributed by atoms with Crippen molar-refractivity contribution in [2.75, 3.05) is 0 Å². The third kappa shape index (κ3) is 7.02. The van der Waals surface area contributed by atoms with Gasteiger partial charge in [-0.25, -0.2) is 17.6 Å². The maximum Gasteiger partial charge on any atom is 0.162 e. The highest BCUT2D eigenvalue weighted by Gasteiger charge is 2.28. The predicted molar refractivity (Wildman–Crippen MR) is 149 cm³/mol. The Morgan fingerprint density at radius 3 is 1.47 bits per heavy atom. The lowest BCUT2D eigenvalue weighted by atomic mass is 9.76. The minimum Gasteiger partial charge on any atom is -0.203 e. The van der Waals surface area contributed by atoms with Gasteiger partial charge in [-0.2, -0.15) is 0 Å². The van der Waals surface area contributed by atoms with Crippen molar-refractivity contribution in [3.05, 3.63) is 69.8 Å². The zero-order valence-corrected chi connectivity index (χ0v) is 23.4. The van der Waals surface area contributed by atoms with Gasteiger partial charge in [0.1, 0.15) is 0 Å². The summed E-state index contributed by atoms with van der Waals surface area (Å²) in [5.41, 5.74) is 2.03. The molecule has 2 aliphatic carbocycles. The average molecular weight is 531 g/mol. The third-order valence-corrected chi connectivity index (χ3v) is 9.53. The summed E-state index contributed by atoms with van der Waals surface area (Å²) in [6, 6.07) is 7.20. The lowest BCUT2D eigenvalue weighted by Gasteiger charge is -2.30. The molecule has 2 aromatic rings. The van der Waals surface area contributed by atoms with Crippen molar-refractivity contribution in [2.24, 2.45) is 11.8 Å². The van der Waals surface area contributed by atoms with Gasteiger partial charge in [-0.3, -0.25) is 0 Å². The van der Waals surface area contributed by atoms with Gasteiger partial charge in [-0.05, 0) is 123 Å². The van der Waals surface area contributed by atoms with Gasteiger partial charge in [-0.15, -0.1) is 0 Å². The molecule has 210 valence electrons. The number of benzene rings is 2. The smallest absolute Gasteiger partial charge is 0.162 e. The average Bonchev–Trinajstić information content (AvgIpc) is 2.93. The molecule has 2 aromatic carbocycles. The van der Waals surface area contributed by atoms with E-state index < -0.39 is 23.3 Å². The van der Waals surface area contributed by atoms with Gasteiger partial charge < -0.3 is 0 Å². The summed E-state index contributed by atoms with van der Waals surface area (Å²) in [5, 5.41) is 0. The van der Waals surface area contributed by atoms with Crippen molar-refractivity contribution in [3.8, 4) is 0 Å². The SMILES string of the molecule is CCCCCc1ccc(C2CCC(CCc3ccc(C4CCC(CCC)CC4)c(F)c3F)CC2)c(F)c1F. The highest BCUT2D eigenvalue weighted by Crippen LogP contribution is 2.41. The number of halogens is 4. The molecule has 0 radical (unpaired) electrons. The quantitative estimate of drug-likeness (QED) is 0.200. The predicted octanol–water partition coefficient (Wildman–Crippen LogP) is 11.0. The number of aryl methyl sites for hydroxylation is 2. The minimum absolute atomic E-state index is 0.0336. The van der Waals surface area contributed by atoms with Crippen molar-refractivity contribution in [1.29, 1.82) is 0 Å². The van der Waals surface area contributed by atoms with E-state index in [0.717, 1.165) is 83.0 Å². The summed E-state index contributed by atoms with van der Waals surface area (Å²) in [5.74, 6) is -1.32. The zero-order valence-electron chi connectivity index (χ0n) is 23.4. The third-order valence-electron chi connectivity index (χ3n) is 9.53. The van der Waals surface area contributed by atoms with Crippen molar-refractivity contribution < 1.29 is 17.6 Å². The Labute approximate surface area is 227 Å². The molecule has 2 saturated carbocycles. The second-order valence-electron chi connectivity index (χ2n) is 12.1.